The van der Waals surface area contributed by atoms with Crippen LogP contribution in [-0.2, 0) is 6.42 Å². The Morgan fingerprint density at radius 1 is 1.39 bits per heavy atom. The largest absolute Gasteiger partial charge is 0.396 e. The maximum absolute atomic E-state index is 11.6. The highest BCUT2D eigenvalue weighted by molar-refractivity contribution is 5.93. The average molecular weight is 322 g/mol. The molecule has 2 rings (SSSR count). The summed E-state index contributed by atoms with van der Waals surface area (Å²) in [4.78, 5) is 20.2. The van der Waals surface area contributed by atoms with Crippen LogP contribution in [0, 0.1) is 5.41 Å². The van der Waals surface area contributed by atoms with Gasteiger partial charge in [0.2, 0.25) is 5.95 Å². The monoisotopic (exact) mass is 322 g/mol. The number of nitrogens with two attached hydrogens (primary N) is 1. The molecule has 5 N–H and O–H groups in total. The first-order chi connectivity index (χ1) is 10.8. The van der Waals surface area contributed by atoms with Gasteiger partial charge in [0.05, 0.1) is 17.4 Å². The summed E-state index contributed by atoms with van der Waals surface area (Å²) in [7, 11) is 0. The zero-order chi connectivity index (χ0) is 17.0. The highest BCUT2D eigenvalue weighted by Gasteiger charge is 2.24. The second-order valence-electron chi connectivity index (χ2n) is 7.07. The molecule has 0 saturated heterocycles. The molecule has 0 aromatic carbocycles. The lowest BCUT2D eigenvalue weighted by Gasteiger charge is -2.27. The highest BCUT2D eigenvalue weighted by atomic mass is 16.3. The minimum Gasteiger partial charge on any atom is -0.396 e. The molecule has 1 fully saturated rings. The summed E-state index contributed by atoms with van der Waals surface area (Å²) < 4.78 is 0. The number of nitrogens with one attached hydrogen (secondary N) is 1. The maximum atomic E-state index is 11.6. The number of anilines is 1. The van der Waals surface area contributed by atoms with Crippen molar-refractivity contribution in [1.29, 1.82) is 0 Å². The summed E-state index contributed by atoms with van der Waals surface area (Å²) in [5, 5.41) is 22.3. The summed E-state index contributed by atoms with van der Waals surface area (Å²) >= 11 is 0. The van der Waals surface area contributed by atoms with Gasteiger partial charge in [0.15, 0.2) is 0 Å². The Labute approximate surface area is 136 Å². The summed E-state index contributed by atoms with van der Waals surface area (Å²) in [6.07, 6.45) is 4.91. The quantitative estimate of drug-likeness (QED) is 0.616. The van der Waals surface area contributed by atoms with Crippen LogP contribution in [0.5, 0.6) is 0 Å². The van der Waals surface area contributed by atoms with Crippen molar-refractivity contribution in [3.8, 4) is 0 Å². The average Bonchev–Trinajstić information content (AvgIpc) is 2.49. The van der Waals surface area contributed by atoms with Crippen LogP contribution < -0.4 is 11.1 Å². The molecular weight excluding hydrogens is 296 g/mol. The molecule has 0 bridgehead atoms. The molecule has 1 saturated carbocycles. The van der Waals surface area contributed by atoms with Crippen molar-refractivity contribution in [2.45, 2.75) is 58.1 Å². The van der Waals surface area contributed by atoms with Crippen molar-refractivity contribution in [2.24, 2.45) is 11.1 Å². The van der Waals surface area contributed by atoms with E-state index in [4.69, 9.17) is 5.73 Å². The van der Waals surface area contributed by atoms with E-state index in [9.17, 15) is 15.0 Å². The number of nitrogens with zero attached hydrogens (tertiary/aromatic N) is 2. The lowest BCUT2D eigenvalue weighted by Crippen LogP contribution is -2.30. The van der Waals surface area contributed by atoms with Crippen LogP contribution in [0.1, 0.15) is 55.6 Å². The van der Waals surface area contributed by atoms with Crippen LogP contribution in [0.2, 0.25) is 0 Å². The minimum absolute atomic E-state index is 0.0154. The summed E-state index contributed by atoms with van der Waals surface area (Å²) in [5.41, 5.74) is 5.83. The molecule has 7 nitrogen and oxygen atoms in total. The molecule has 23 heavy (non-hydrogen) atoms. The minimum atomic E-state index is -0.568. The predicted octanol–water partition coefficient (Wildman–Crippen LogP) is 0.852. The number of primary amides is 1. The van der Waals surface area contributed by atoms with Crippen LogP contribution in [0.4, 0.5) is 5.95 Å². The van der Waals surface area contributed by atoms with Gasteiger partial charge in [0.25, 0.3) is 5.91 Å². The number of aromatic nitrogens is 2. The Bertz CT molecular complexity index is 554. The topological polar surface area (TPSA) is 121 Å². The van der Waals surface area contributed by atoms with Gasteiger partial charge in [0.1, 0.15) is 0 Å². The van der Waals surface area contributed by atoms with Gasteiger partial charge in [-0.25, -0.2) is 9.97 Å². The second-order valence-corrected chi connectivity index (χ2v) is 7.07. The molecule has 1 aromatic heterocycles. The number of aliphatic hydroxyl groups is 2. The van der Waals surface area contributed by atoms with Gasteiger partial charge in [0, 0.05) is 18.8 Å². The molecule has 1 aliphatic carbocycles. The van der Waals surface area contributed by atoms with Gasteiger partial charge in [-0.3, -0.25) is 4.79 Å². The first-order valence-electron chi connectivity index (χ1n) is 8.02. The van der Waals surface area contributed by atoms with E-state index in [1.165, 1.54) is 6.20 Å². The molecule has 1 heterocycles. The Balaban J connectivity index is 2.17. The molecule has 1 amide bonds. The zero-order valence-corrected chi connectivity index (χ0v) is 13.7. The van der Waals surface area contributed by atoms with Gasteiger partial charge in [-0.1, -0.05) is 13.8 Å². The normalized spacial score (nSPS) is 21.9. The molecular formula is C16H26N4O3. The van der Waals surface area contributed by atoms with E-state index in [2.05, 4.69) is 15.3 Å². The molecule has 0 spiro atoms. The van der Waals surface area contributed by atoms with Crippen molar-refractivity contribution >= 4 is 11.9 Å². The highest BCUT2D eigenvalue weighted by Crippen LogP contribution is 2.24. The van der Waals surface area contributed by atoms with Crippen LogP contribution >= 0.6 is 0 Å². The van der Waals surface area contributed by atoms with Crippen LogP contribution in [0.15, 0.2) is 6.20 Å². The van der Waals surface area contributed by atoms with Crippen molar-refractivity contribution < 1.29 is 15.0 Å². The number of carbonyl (C=O) groups excluding carboxylic acids is 1. The Hall–Kier alpha value is -1.73. The molecule has 1 aromatic rings. The third-order valence-electron chi connectivity index (χ3n) is 4.24. The Kier molecular flexibility index (Phi) is 5.54. The number of amides is 1. The van der Waals surface area contributed by atoms with E-state index in [1.54, 1.807) is 0 Å². The zero-order valence-electron chi connectivity index (χ0n) is 13.7. The lowest BCUT2D eigenvalue weighted by molar-refractivity contribution is 0.0996. The fraction of sp³-hybridized carbons (Fsp3) is 0.688. The molecule has 7 heteroatoms. The fourth-order valence-electron chi connectivity index (χ4n) is 2.74. The molecule has 0 aliphatic heterocycles. The van der Waals surface area contributed by atoms with Crippen molar-refractivity contribution in [3.05, 3.63) is 17.5 Å². The van der Waals surface area contributed by atoms with Crippen LogP contribution in [-0.4, -0.2) is 44.8 Å². The standard InChI is InChI=1S/C16H26N4O3/c1-16(2,9-21)7-13-12(14(17)23)8-18-15(20-13)19-10-3-5-11(22)6-4-10/h8,10-11,21-22H,3-7,9H2,1-2H3,(H2,17,23)(H,18,19,20). The summed E-state index contributed by atoms with van der Waals surface area (Å²) in [6.45, 7) is 3.78. The van der Waals surface area contributed by atoms with E-state index in [0.29, 0.717) is 18.1 Å². The van der Waals surface area contributed by atoms with E-state index in [1.807, 2.05) is 13.8 Å². The molecule has 0 unspecified atom stereocenters. The number of carbonyl (C=O) groups is 1. The second kappa shape index (κ2) is 7.23. The molecule has 0 radical (unpaired) electrons. The molecule has 1 aliphatic rings. The smallest absolute Gasteiger partial charge is 0.252 e. The number of hydrogen-bond acceptors (Lipinski definition) is 6. The number of hydrogen-bond donors (Lipinski definition) is 4. The lowest BCUT2D eigenvalue weighted by atomic mass is 9.87. The third-order valence-corrected chi connectivity index (χ3v) is 4.24. The Morgan fingerprint density at radius 2 is 2.04 bits per heavy atom. The van der Waals surface area contributed by atoms with Crippen molar-refractivity contribution in [2.75, 3.05) is 11.9 Å². The third kappa shape index (κ3) is 4.87. The summed E-state index contributed by atoms with van der Waals surface area (Å²) in [5.74, 6) is -0.110. The van der Waals surface area contributed by atoms with E-state index >= 15 is 0 Å². The first-order valence-corrected chi connectivity index (χ1v) is 8.02. The summed E-state index contributed by atoms with van der Waals surface area (Å²) in [6, 6.07) is 0.219. The van der Waals surface area contributed by atoms with E-state index < -0.39 is 11.3 Å². The van der Waals surface area contributed by atoms with Crippen molar-refractivity contribution in [1.82, 2.24) is 9.97 Å². The van der Waals surface area contributed by atoms with Gasteiger partial charge in [-0.15, -0.1) is 0 Å². The first kappa shape index (κ1) is 17.6. The van der Waals surface area contributed by atoms with Gasteiger partial charge in [-0.05, 0) is 37.5 Å². The van der Waals surface area contributed by atoms with Gasteiger partial charge in [-0.2, -0.15) is 0 Å². The van der Waals surface area contributed by atoms with Gasteiger partial charge < -0.3 is 21.3 Å². The van der Waals surface area contributed by atoms with Crippen molar-refractivity contribution in [3.63, 3.8) is 0 Å². The van der Waals surface area contributed by atoms with Gasteiger partial charge >= 0.3 is 0 Å². The molecule has 0 atom stereocenters. The predicted molar refractivity (Wildman–Crippen MR) is 87.0 cm³/mol. The number of rotatable bonds is 6. The van der Waals surface area contributed by atoms with Crippen LogP contribution in [0.3, 0.4) is 0 Å². The SMILES string of the molecule is CC(C)(CO)Cc1nc(NC2CCC(O)CC2)ncc1C(N)=O. The van der Waals surface area contributed by atoms with E-state index in [-0.39, 0.29) is 24.3 Å². The van der Waals surface area contributed by atoms with Crippen LogP contribution in [0.25, 0.3) is 0 Å². The number of aliphatic hydroxyl groups excluding tert-OH is 2. The molecule has 128 valence electrons. The Morgan fingerprint density at radius 3 is 2.61 bits per heavy atom. The fourth-order valence-corrected chi connectivity index (χ4v) is 2.74. The maximum Gasteiger partial charge on any atom is 0.252 e. The van der Waals surface area contributed by atoms with E-state index in [0.717, 1.165) is 25.7 Å².